The van der Waals surface area contributed by atoms with Gasteiger partial charge in [-0.15, -0.1) is 11.3 Å². The van der Waals surface area contributed by atoms with Gasteiger partial charge in [0.2, 0.25) is 0 Å². The SMILES string of the molecule is [2H]c1cc([2H])c(-c2c([2H])c([2H])c([2H])c3c2sc2c([2H])c([2H])c([2H])c([2H])c23)c([2H])c1-c1ncnc2c1oc1ccc(-c3ccc4c5ccccc5c5ccccc5c4c3)cc12. The summed E-state index contributed by atoms with van der Waals surface area (Å²) >= 11 is 0.921. The molecule has 0 N–H and O–H groups in total. The van der Waals surface area contributed by atoms with Crippen molar-refractivity contribution in [3.63, 3.8) is 0 Å². The van der Waals surface area contributed by atoms with Crippen LogP contribution in [0.2, 0.25) is 0 Å². The number of aromatic nitrogens is 2. The summed E-state index contributed by atoms with van der Waals surface area (Å²) in [5.41, 5.74) is 3.07. The molecular weight excluding hydrogens is 629 g/mol. The Morgan fingerprint density at radius 2 is 1.20 bits per heavy atom. The Hall–Kier alpha value is -6.36. The van der Waals surface area contributed by atoms with E-state index in [4.69, 9.17) is 16.8 Å². The lowest BCUT2D eigenvalue weighted by Crippen LogP contribution is -1.88. The zero-order chi connectivity index (χ0) is 41.5. The predicted molar refractivity (Wildman–Crippen MR) is 211 cm³/mol. The molecule has 0 saturated heterocycles. The second-order valence-electron chi connectivity index (χ2n) is 12.1. The number of thiophene rings is 1. The van der Waals surface area contributed by atoms with Crippen molar-refractivity contribution in [2.45, 2.75) is 0 Å². The lowest BCUT2D eigenvalue weighted by molar-refractivity contribution is 0.667. The smallest absolute Gasteiger partial charge is 0.180 e. The van der Waals surface area contributed by atoms with Gasteiger partial charge in [-0.3, -0.25) is 0 Å². The lowest BCUT2D eigenvalue weighted by Gasteiger charge is -2.12. The summed E-state index contributed by atoms with van der Waals surface area (Å²) in [5, 5.41) is 7.77. The van der Waals surface area contributed by atoms with Gasteiger partial charge in [0.15, 0.2) is 5.58 Å². The molecule has 0 amide bonds. The van der Waals surface area contributed by atoms with E-state index in [2.05, 4.69) is 76.7 Å². The summed E-state index contributed by atoms with van der Waals surface area (Å²) in [7, 11) is 0. The van der Waals surface area contributed by atoms with Crippen LogP contribution in [0.5, 0.6) is 0 Å². The van der Waals surface area contributed by atoms with Crippen molar-refractivity contribution in [2.75, 3.05) is 0 Å². The number of hydrogen-bond donors (Lipinski definition) is 0. The minimum Gasteiger partial charge on any atom is -0.452 e. The van der Waals surface area contributed by atoms with Crippen molar-refractivity contribution >= 4 is 85.9 Å². The van der Waals surface area contributed by atoms with Gasteiger partial charge in [-0.2, -0.15) is 0 Å². The molecule has 3 nitrogen and oxygen atoms in total. The van der Waals surface area contributed by atoms with Gasteiger partial charge in [0.05, 0.1) is 13.7 Å². The number of nitrogens with zero attached hydrogens (tertiary/aromatic N) is 2. The Bertz CT molecular complexity index is 3710. The Labute approximate surface area is 304 Å². The first kappa shape index (κ1) is 19.6. The fraction of sp³-hybridized carbons (Fsp3) is 0. The van der Waals surface area contributed by atoms with Crippen LogP contribution < -0.4 is 0 Å². The van der Waals surface area contributed by atoms with Gasteiger partial charge in [-0.1, -0.05) is 121 Å². The Kier molecular flexibility index (Phi) is 4.14. The summed E-state index contributed by atoms with van der Waals surface area (Å²) in [5.74, 6) is 0. The van der Waals surface area contributed by atoms with E-state index < -0.39 is 30.2 Å². The maximum atomic E-state index is 9.55. The molecule has 0 aliphatic rings. The first-order valence-corrected chi connectivity index (χ1v) is 16.8. The summed E-state index contributed by atoms with van der Waals surface area (Å²) < 4.78 is 94.6. The van der Waals surface area contributed by atoms with Crippen molar-refractivity contribution in [1.29, 1.82) is 0 Å². The number of hydrogen-bond acceptors (Lipinski definition) is 4. The van der Waals surface area contributed by atoms with Crippen LogP contribution in [0.15, 0.2) is 162 Å². The molecule has 4 heteroatoms. The van der Waals surface area contributed by atoms with Crippen molar-refractivity contribution in [1.82, 2.24) is 9.97 Å². The fourth-order valence-corrected chi connectivity index (χ4v) is 8.24. The van der Waals surface area contributed by atoms with E-state index in [9.17, 15) is 1.37 Å². The van der Waals surface area contributed by atoms with Crippen LogP contribution in [0.1, 0.15) is 13.7 Å². The summed E-state index contributed by atoms with van der Waals surface area (Å²) in [6.45, 7) is 0. The Balaban J connectivity index is 1.11. The first-order valence-electron chi connectivity index (χ1n) is 21.0. The van der Waals surface area contributed by atoms with Gasteiger partial charge in [0.1, 0.15) is 23.1 Å². The largest absolute Gasteiger partial charge is 0.452 e. The second kappa shape index (κ2) is 10.6. The van der Waals surface area contributed by atoms with Gasteiger partial charge in [-0.05, 0) is 84.9 Å². The normalized spacial score (nSPS) is 14.8. The standard InChI is InChI=1S/C46H26N2OS/c1-2-13-34-32(11-1)33-12-3-4-14-35(33)39-24-27(19-21-36(34)39)28-20-22-41-40(25-28)44-45(49-41)43(47-26-48-44)30-10-7-9-29(23-30)31-16-8-17-38-37-15-5-6-18-42(37)50-46(31)38/h1-26H/i5D,6D,8D,9D,10D,15D,16D,17D,18D,23D. The van der Waals surface area contributed by atoms with E-state index >= 15 is 0 Å². The molecule has 0 saturated carbocycles. The first-order chi connectivity index (χ1) is 28.9. The third-order valence-electron chi connectivity index (χ3n) is 9.43. The summed E-state index contributed by atoms with van der Waals surface area (Å²) in [6, 6.07) is 26.5. The molecule has 0 aliphatic heterocycles. The third-order valence-corrected chi connectivity index (χ3v) is 10.6. The number of fused-ring (bicyclic) bond motifs is 12. The van der Waals surface area contributed by atoms with Gasteiger partial charge >= 0.3 is 0 Å². The summed E-state index contributed by atoms with van der Waals surface area (Å²) in [4.78, 5) is 9.11. The van der Waals surface area contributed by atoms with Crippen molar-refractivity contribution in [2.24, 2.45) is 0 Å². The van der Waals surface area contributed by atoms with Crippen LogP contribution in [-0.2, 0) is 0 Å². The molecule has 8 aromatic carbocycles. The minimum atomic E-state index is -0.523. The number of furan rings is 1. The van der Waals surface area contributed by atoms with Crippen LogP contribution in [-0.4, -0.2) is 9.97 Å². The van der Waals surface area contributed by atoms with Crippen LogP contribution in [0, 0.1) is 0 Å². The van der Waals surface area contributed by atoms with Crippen LogP contribution in [0.4, 0.5) is 0 Å². The fourth-order valence-electron chi connectivity index (χ4n) is 7.17. The topological polar surface area (TPSA) is 38.9 Å². The molecule has 0 radical (unpaired) electrons. The molecule has 50 heavy (non-hydrogen) atoms. The highest BCUT2D eigenvalue weighted by molar-refractivity contribution is 7.26. The molecule has 0 spiro atoms. The van der Waals surface area contributed by atoms with Crippen molar-refractivity contribution in [3.8, 4) is 33.5 Å². The van der Waals surface area contributed by atoms with Crippen LogP contribution >= 0.6 is 11.3 Å². The van der Waals surface area contributed by atoms with E-state index in [1.54, 1.807) is 0 Å². The Morgan fingerprint density at radius 3 is 2.02 bits per heavy atom. The molecule has 3 heterocycles. The monoisotopic (exact) mass is 664 g/mol. The van der Waals surface area contributed by atoms with Crippen LogP contribution in [0.3, 0.4) is 0 Å². The minimum absolute atomic E-state index is 0.000653. The van der Waals surface area contributed by atoms with Gasteiger partial charge in [0.25, 0.3) is 0 Å². The molecule has 0 aliphatic carbocycles. The number of rotatable bonds is 3. The maximum absolute atomic E-state index is 9.55. The van der Waals surface area contributed by atoms with Gasteiger partial charge in [0, 0.05) is 31.1 Å². The molecule has 0 unspecified atom stereocenters. The molecule has 0 bridgehead atoms. The highest BCUT2D eigenvalue weighted by Crippen LogP contribution is 2.42. The third kappa shape index (κ3) is 4.03. The highest BCUT2D eigenvalue weighted by Gasteiger charge is 2.18. The zero-order valence-electron chi connectivity index (χ0n) is 35.9. The van der Waals surface area contributed by atoms with E-state index in [1.807, 2.05) is 18.2 Å². The van der Waals surface area contributed by atoms with Crippen molar-refractivity contribution < 1.29 is 18.1 Å². The predicted octanol–water partition coefficient (Wildman–Crippen LogP) is 13.2. The molecular formula is C46H26N2OS. The molecule has 11 aromatic rings. The van der Waals surface area contributed by atoms with E-state index in [0.717, 1.165) is 38.6 Å². The highest BCUT2D eigenvalue weighted by atomic mass is 32.1. The van der Waals surface area contributed by atoms with Gasteiger partial charge < -0.3 is 4.42 Å². The van der Waals surface area contributed by atoms with E-state index in [-0.39, 0.29) is 78.4 Å². The average molecular weight is 665 g/mol. The quantitative estimate of drug-likeness (QED) is 0.176. The van der Waals surface area contributed by atoms with E-state index in [0.29, 0.717) is 16.5 Å². The average Bonchev–Trinajstić information content (AvgIpc) is 3.85. The zero-order valence-corrected chi connectivity index (χ0v) is 26.8. The van der Waals surface area contributed by atoms with Gasteiger partial charge in [-0.25, -0.2) is 9.97 Å². The molecule has 3 aromatic heterocycles. The lowest BCUT2D eigenvalue weighted by atomic mass is 9.92. The van der Waals surface area contributed by atoms with Crippen LogP contribution in [0.25, 0.3) is 108 Å². The number of benzene rings is 8. The molecule has 0 atom stereocenters. The van der Waals surface area contributed by atoms with E-state index in [1.165, 1.54) is 28.6 Å². The Morgan fingerprint density at radius 1 is 0.520 bits per heavy atom. The molecule has 232 valence electrons. The van der Waals surface area contributed by atoms with Crippen molar-refractivity contribution in [3.05, 3.63) is 158 Å². The summed E-state index contributed by atoms with van der Waals surface area (Å²) in [6.07, 6.45) is 1.33. The molecule has 11 rings (SSSR count). The maximum Gasteiger partial charge on any atom is 0.180 e. The molecule has 0 fully saturated rings. The second-order valence-corrected chi connectivity index (χ2v) is 13.2.